The Morgan fingerprint density at radius 2 is 1.73 bits per heavy atom. The van der Waals surface area contributed by atoms with Gasteiger partial charge >= 0.3 is 0 Å². The van der Waals surface area contributed by atoms with Gasteiger partial charge in [-0.2, -0.15) is 0 Å². The van der Waals surface area contributed by atoms with Crippen molar-refractivity contribution in [1.82, 2.24) is 14.7 Å². The largest absolute Gasteiger partial charge is 0.508 e. The van der Waals surface area contributed by atoms with Crippen molar-refractivity contribution in [2.24, 2.45) is 0 Å². The molecule has 0 aliphatic heterocycles. The molecule has 0 saturated heterocycles. The van der Waals surface area contributed by atoms with E-state index in [1.807, 2.05) is 42.5 Å². The Balaban J connectivity index is 1.53. The van der Waals surface area contributed by atoms with Crippen LogP contribution >= 0.6 is 0 Å². The van der Waals surface area contributed by atoms with E-state index in [0.29, 0.717) is 17.5 Å². The van der Waals surface area contributed by atoms with Gasteiger partial charge < -0.3 is 10.4 Å². The second-order valence-electron chi connectivity index (χ2n) is 8.67. The van der Waals surface area contributed by atoms with E-state index < -0.39 is 0 Å². The molecule has 5 rings (SSSR count). The van der Waals surface area contributed by atoms with Crippen molar-refractivity contribution < 1.29 is 9.90 Å². The lowest BCUT2D eigenvalue weighted by Crippen LogP contribution is -2.25. The maximum Gasteiger partial charge on any atom is 0.279 e. The van der Waals surface area contributed by atoms with Crippen LogP contribution < -0.4 is 10.9 Å². The van der Waals surface area contributed by atoms with Gasteiger partial charge in [0.15, 0.2) is 0 Å². The van der Waals surface area contributed by atoms with E-state index in [-0.39, 0.29) is 23.3 Å². The Labute approximate surface area is 192 Å². The molecule has 0 unspecified atom stereocenters. The highest BCUT2D eigenvalue weighted by atomic mass is 16.3. The molecule has 0 radical (unpaired) electrons. The molecule has 1 amide bonds. The van der Waals surface area contributed by atoms with Crippen molar-refractivity contribution in [2.45, 2.75) is 44.7 Å². The molecule has 1 aliphatic carbocycles. The van der Waals surface area contributed by atoms with Gasteiger partial charge in [0.2, 0.25) is 0 Å². The number of nitrogens with one attached hydrogen (secondary N) is 1. The molecule has 0 atom stereocenters. The number of carbonyl (C=O) groups excluding carboxylic acids is 1. The summed E-state index contributed by atoms with van der Waals surface area (Å²) in [6, 6.07) is 22.1. The molecule has 1 saturated carbocycles. The molecule has 1 aliphatic rings. The Bertz CT molecular complexity index is 1350. The summed E-state index contributed by atoms with van der Waals surface area (Å²) in [4.78, 5) is 26.4. The van der Waals surface area contributed by atoms with E-state index in [4.69, 9.17) is 0 Å². The Hall–Kier alpha value is -3.80. The van der Waals surface area contributed by atoms with E-state index in [1.54, 1.807) is 35.0 Å². The molecule has 1 heterocycles. The predicted octanol–water partition coefficient (Wildman–Crippen LogP) is 4.93. The second-order valence-corrected chi connectivity index (χ2v) is 8.67. The van der Waals surface area contributed by atoms with Crippen molar-refractivity contribution in [2.75, 3.05) is 0 Å². The zero-order chi connectivity index (χ0) is 22.8. The SMILES string of the molecule is O=C(NCc1cccc(O)c1)c1ccc2c(c1)c(=O)n(-c1ccccc1)n2C1CCCCC1. The molecule has 1 aromatic heterocycles. The number of fused-ring (bicyclic) bond motifs is 1. The second kappa shape index (κ2) is 8.98. The summed E-state index contributed by atoms with van der Waals surface area (Å²) in [7, 11) is 0. The molecule has 1 fully saturated rings. The molecule has 168 valence electrons. The molecular formula is C27H27N3O3. The maximum atomic E-state index is 13.6. The van der Waals surface area contributed by atoms with Crippen molar-refractivity contribution >= 4 is 16.8 Å². The third kappa shape index (κ3) is 4.16. The number of para-hydroxylation sites is 1. The summed E-state index contributed by atoms with van der Waals surface area (Å²) in [6.07, 6.45) is 5.63. The summed E-state index contributed by atoms with van der Waals surface area (Å²) in [5.74, 6) is -0.0926. The number of aromatic hydroxyl groups is 1. The topological polar surface area (TPSA) is 76.3 Å². The minimum atomic E-state index is -0.253. The van der Waals surface area contributed by atoms with Crippen LogP contribution in [0.3, 0.4) is 0 Å². The van der Waals surface area contributed by atoms with Crippen molar-refractivity contribution in [3.63, 3.8) is 0 Å². The third-order valence-corrected chi connectivity index (χ3v) is 6.43. The first-order valence-electron chi connectivity index (χ1n) is 11.5. The van der Waals surface area contributed by atoms with Gasteiger partial charge in [0.25, 0.3) is 11.5 Å². The number of nitrogens with zero attached hydrogens (tertiary/aromatic N) is 2. The number of phenols is 1. The number of hydrogen-bond donors (Lipinski definition) is 2. The van der Waals surface area contributed by atoms with Crippen molar-refractivity contribution in [1.29, 1.82) is 0 Å². The lowest BCUT2D eigenvalue weighted by Gasteiger charge is -2.26. The predicted molar refractivity (Wildman–Crippen MR) is 129 cm³/mol. The highest BCUT2D eigenvalue weighted by Gasteiger charge is 2.24. The molecule has 6 heteroatoms. The maximum absolute atomic E-state index is 13.6. The molecule has 33 heavy (non-hydrogen) atoms. The van der Waals surface area contributed by atoms with Gasteiger partial charge in [-0.3, -0.25) is 14.3 Å². The van der Waals surface area contributed by atoms with Gasteiger partial charge in [0, 0.05) is 12.1 Å². The number of phenolic OH excluding ortho intramolecular Hbond substituents is 1. The highest BCUT2D eigenvalue weighted by Crippen LogP contribution is 2.31. The number of carbonyl (C=O) groups is 1. The van der Waals surface area contributed by atoms with Gasteiger partial charge in [-0.05, 0) is 60.9 Å². The number of hydrogen-bond acceptors (Lipinski definition) is 3. The third-order valence-electron chi connectivity index (χ3n) is 6.43. The van der Waals surface area contributed by atoms with Crippen LogP contribution in [-0.2, 0) is 6.54 Å². The van der Waals surface area contributed by atoms with Crippen LogP contribution in [-0.4, -0.2) is 20.4 Å². The molecule has 4 aromatic rings. The molecule has 0 bridgehead atoms. The van der Waals surface area contributed by atoms with Crippen LogP contribution in [0.1, 0.15) is 54.1 Å². The van der Waals surface area contributed by atoms with E-state index in [0.717, 1.165) is 42.5 Å². The van der Waals surface area contributed by atoms with E-state index in [2.05, 4.69) is 10.00 Å². The first kappa shape index (κ1) is 21.1. The van der Waals surface area contributed by atoms with E-state index >= 15 is 0 Å². The molecule has 3 aromatic carbocycles. The van der Waals surface area contributed by atoms with Gasteiger partial charge in [0.1, 0.15) is 5.75 Å². The number of benzene rings is 3. The number of amides is 1. The highest BCUT2D eigenvalue weighted by molar-refractivity contribution is 5.98. The summed E-state index contributed by atoms with van der Waals surface area (Å²) in [6.45, 7) is 0.294. The monoisotopic (exact) mass is 441 g/mol. The average Bonchev–Trinajstić information content (AvgIpc) is 3.15. The van der Waals surface area contributed by atoms with Gasteiger partial charge in [-0.15, -0.1) is 0 Å². The van der Waals surface area contributed by atoms with Crippen LogP contribution in [0, 0.1) is 0 Å². The first-order valence-corrected chi connectivity index (χ1v) is 11.5. The average molecular weight is 442 g/mol. The summed E-state index contributed by atoms with van der Waals surface area (Å²) >= 11 is 0. The first-order chi connectivity index (χ1) is 16.1. The zero-order valence-corrected chi connectivity index (χ0v) is 18.4. The minimum absolute atomic E-state index is 0.107. The fraction of sp³-hybridized carbons (Fsp3) is 0.259. The van der Waals surface area contributed by atoms with Crippen LogP contribution in [0.4, 0.5) is 0 Å². The summed E-state index contributed by atoms with van der Waals surface area (Å²) in [5.41, 5.74) is 2.84. The normalized spacial score (nSPS) is 14.4. The van der Waals surface area contributed by atoms with Crippen LogP contribution in [0.15, 0.2) is 77.6 Å². The van der Waals surface area contributed by atoms with Crippen LogP contribution in [0.25, 0.3) is 16.6 Å². The summed E-state index contributed by atoms with van der Waals surface area (Å²) < 4.78 is 3.91. The number of aromatic nitrogens is 2. The van der Waals surface area contributed by atoms with Crippen LogP contribution in [0.2, 0.25) is 0 Å². The van der Waals surface area contributed by atoms with Crippen molar-refractivity contribution in [3.8, 4) is 11.4 Å². The lowest BCUT2D eigenvalue weighted by atomic mass is 9.95. The summed E-state index contributed by atoms with van der Waals surface area (Å²) in [5, 5.41) is 13.0. The Morgan fingerprint density at radius 1 is 0.939 bits per heavy atom. The Kier molecular flexibility index (Phi) is 5.73. The standard InChI is InChI=1S/C27H27N3O3/c31-23-13-7-8-19(16-23)18-28-26(32)20-14-15-25-24(17-20)27(33)30(22-11-5-2-6-12-22)29(25)21-9-3-1-4-10-21/h2,5-8,11-17,21,31H,1,3-4,9-10,18H2,(H,28,32). The number of rotatable bonds is 5. The van der Waals surface area contributed by atoms with E-state index in [1.165, 1.54) is 6.42 Å². The van der Waals surface area contributed by atoms with Gasteiger partial charge in [-0.25, -0.2) is 4.68 Å². The van der Waals surface area contributed by atoms with Crippen LogP contribution in [0.5, 0.6) is 5.75 Å². The molecular weight excluding hydrogens is 414 g/mol. The molecule has 2 N–H and O–H groups in total. The fourth-order valence-electron chi connectivity index (χ4n) is 4.82. The smallest absolute Gasteiger partial charge is 0.279 e. The lowest BCUT2D eigenvalue weighted by molar-refractivity contribution is 0.0951. The van der Waals surface area contributed by atoms with Gasteiger partial charge in [-0.1, -0.05) is 49.6 Å². The fourth-order valence-corrected chi connectivity index (χ4v) is 4.82. The minimum Gasteiger partial charge on any atom is -0.508 e. The molecule has 0 spiro atoms. The molecule has 6 nitrogen and oxygen atoms in total. The Morgan fingerprint density at radius 3 is 2.48 bits per heavy atom. The quantitative estimate of drug-likeness (QED) is 0.461. The van der Waals surface area contributed by atoms with Gasteiger partial charge in [0.05, 0.1) is 22.6 Å². The zero-order valence-electron chi connectivity index (χ0n) is 18.4. The van der Waals surface area contributed by atoms with Crippen molar-refractivity contribution in [3.05, 3.63) is 94.3 Å². The van der Waals surface area contributed by atoms with E-state index in [9.17, 15) is 14.7 Å².